The lowest BCUT2D eigenvalue weighted by atomic mass is 10.1. The fourth-order valence-corrected chi connectivity index (χ4v) is 3.02. The van der Waals surface area contributed by atoms with Crippen LogP contribution in [-0.2, 0) is 29.3 Å². The Labute approximate surface area is 178 Å². The van der Waals surface area contributed by atoms with Crippen molar-refractivity contribution in [2.75, 3.05) is 6.54 Å². The van der Waals surface area contributed by atoms with E-state index >= 15 is 0 Å². The summed E-state index contributed by atoms with van der Waals surface area (Å²) in [6, 6.07) is 1.60. The first-order chi connectivity index (χ1) is 13.5. The zero-order valence-electron chi connectivity index (χ0n) is 15.7. The molecule has 0 aromatic carbocycles. The van der Waals surface area contributed by atoms with Crippen LogP contribution < -0.4 is 5.32 Å². The molecular weight excluding hydrogens is 479 g/mol. The third-order valence-electron chi connectivity index (χ3n) is 3.43. The molecule has 0 saturated heterocycles. The number of pyridine rings is 1. The van der Waals surface area contributed by atoms with Crippen molar-refractivity contribution in [1.82, 2.24) is 20.1 Å². The lowest BCUT2D eigenvalue weighted by molar-refractivity contribution is -0.142. The topological polar surface area (TPSA) is 81.4 Å². The van der Waals surface area contributed by atoms with Crippen molar-refractivity contribution in [3.8, 4) is 0 Å². The number of aryl methyl sites for hydroxylation is 1. The maximum Gasteiger partial charge on any atom is 0.435 e. The monoisotopic (exact) mass is 495 g/mol. The molecule has 0 aliphatic rings. The standard InChI is InChI=1S/C17H18BrClF3N5O2/c1-9(2)29-26-13(15-12(19)5-11(18)6-24-15)7-23-14(28)4-10-8-27(3)25-16(10)17(20,21)22/h5-6,8-9H,4,7H2,1-3H3,(H,23,28). The summed E-state index contributed by atoms with van der Waals surface area (Å²) in [6.07, 6.45) is -2.72. The summed E-state index contributed by atoms with van der Waals surface area (Å²) in [5.74, 6) is -0.644. The minimum atomic E-state index is -4.65. The van der Waals surface area contributed by atoms with Gasteiger partial charge >= 0.3 is 6.18 Å². The molecule has 2 heterocycles. The minimum absolute atomic E-state index is 0.137. The van der Waals surface area contributed by atoms with Crippen molar-refractivity contribution in [3.05, 3.63) is 44.9 Å². The number of hydrogen-bond acceptors (Lipinski definition) is 5. The predicted molar refractivity (Wildman–Crippen MR) is 105 cm³/mol. The van der Waals surface area contributed by atoms with Crippen molar-refractivity contribution in [2.45, 2.75) is 32.5 Å². The quantitative estimate of drug-likeness (QED) is 0.468. The van der Waals surface area contributed by atoms with Gasteiger partial charge in [0.25, 0.3) is 0 Å². The summed E-state index contributed by atoms with van der Waals surface area (Å²) >= 11 is 9.42. The molecule has 0 radical (unpaired) electrons. The van der Waals surface area contributed by atoms with E-state index in [4.69, 9.17) is 16.4 Å². The second-order valence-electron chi connectivity index (χ2n) is 6.30. The van der Waals surface area contributed by atoms with Crippen LogP contribution in [0.5, 0.6) is 0 Å². The Morgan fingerprint density at radius 3 is 2.72 bits per heavy atom. The first-order valence-electron chi connectivity index (χ1n) is 8.38. The van der Waals surface area contributed by atoms with Crippen LogP contribution in [0.1, 0.15) is 30.8 Å². The van der Waals surface area contributed by atoms with E-state index < -0.39 is 24.2 Å². The average molecular weight is 497 g/mol. The lowest BCUT2D eigenvalue weighted by Crippen LogP contribution is -2.32. The third-order valence-corrected chi connectivity index (χ3v) is 4.15. The first-order valence-corrected chi connectivity index (χ1v) is 9.55. The minimum Gasteiger partial charge on any atom is -0.393 e. The van der Waals surface area contributed by atoms with Crippen LogP contribution in [0, 0.1) is 0 Å². The number of oxime groups is 1. The van der Waals surface area contributed by atoms with Crippen molar-refractivity contribution in [3.63, 3.8) is 0 Å². The van der Waals surface area contributed by atoms with Gasteiger partial charge in [-0.1, -0.05) is 16.8 Å². The molecule has 29 heavy (non-hydrogen) atoms. The van der Waals surface area contributed by atoms with E-state index in [1.165, 1.54) is 13.2 Å². The highest BCUT2D eigenvalue weighted by Crippen LogP contribution is 2.30. The van der Waals surface area contributed by atoms with Gasteiger partial charge in [0.05, 0.1) is 18.0 Å². The fourth-order valence-electron chi connectivity index (χ4n) is 2.28. The van der Waals surface area contributed by atoms with Crippen LogP contribution in [0.4, 0.5) is 13.2 Å². The third kappa shape index (κ3) is 6.70. The van der Waals surface area contributed by atoms with Gasteiger partial charge in [0, 0.05) is 29.5 Å². The maximum absolute atomic E-state index is 13.0. The van der Waals surface area contributed by atoms with Gasteiger partial charge in [-0.25, -0.2) is 0 Å². The number of nitrogens with zero attached hydrogens (tertiary/aromatic N) is 4. The van der Waals surface area contributed by atoms with E-state index in [2.05, 4.69) is 36.5 Å². The summed E-state index contributed by atoms with van der Waals surface area (Å²) in [5.41, 5.74) is -0.807. The Balaban J connectivity index is 2.15. The molecule has 0 saturated carbocycles. The van der Waals surface area contributed by atoms with Gasteiger partial charge < -0.3 is 10.2 Å². The maximum atomic E-state index is 13.0. The molecule has 0 atom stereocenters. The molecule has 7 nitrogen and oxygen atoms in total. The molecule has 2 aromatic rings. The number of amides is 1. The van der Waals surface area contributed by atoms with Crippen LogP contribution in [0.25, 0.3) is 0 Å². The number of hydrogen-bond donors (Lipinski definition) is 1. The number of rotatable bonds is 7. The van der Waals surface area contributed by atoms with Crippen molar-refractivity contribution in [1.29, 1.82) is 0 Å². The summed E-state index contributed by atoms with van der Waals surface area (Å²) in [7, 11) is 1.35. The van der Waals surface area contributed by atoms with E-state index in [1.807, 2.05) is 0 Å². The van der Waals surface area contributed by atoms with Crippen LogP contribution in [0.15, 0.2) is 28.1 Å². The van der Waals surface area contributed by atoms with E-state index in [0.717, 1.165) is 10.9 Å². The van der Waals surface area contributed by atoms with Crippen molar-refractivity contribution in [2.24, 2.45) is 12.2 Å². The van der Waals surface area contributed by atoms with Gasteiger partial charge in [0.2, 0.25) is 5.91 Å². The SMILES string of the molecule is CC(C)ON=C(CNC(=O)Cc1cn(C)nc1C(F)(F)F)c1ncc(Br)cc1Cl. The Morgan fingerprint density at radius 2 is 2.14 bits per heavy atom. The molecule has 0 spiro atoms. The lowest BCUT2D eigenvalue weighted by Gasteiger charge is -2.11. The molecule has 158 valence electrons. The normalized spacial score (nSPS) is 12.4. The second-order valence-corrected chi connectivity index (χ2v) is 7.63. The largest absolute Gasteiger partial charge is 0.435 e. The van der Waals surface area contributed by atoms with E-state index in [1.54, 1.807) is 19.9 Å². The molecule has 1 amide bonds. The molecule has 1 N–H and O–H groups in total. The van der Waals surface area contributed by atoms with E-state index in [-0.39, 0.29) is 34.6 Å². The van der Waals surface area contributed by atoms with E-state index in [0.29, 0.717) is 4.47 Å². The summed E-state index contributed by atoms with van der Waals surface area (Å²) < 4.78 is 40.8. The Kier molecular flexibility index (Phi) is 7.64. The predicted octanol–water partition coefficient (Wildman–Crippen LogP) is 3.74. The van der Waals surface area contributed by atoms with Gasteiger partial charge in [-0.05, 0) is 35.8 Å². The van der Waals surface area contributed by atoms with Gasteiger partial charge in [-0.2, -0.15) is 18.3 Å². The van der Waals surface area contributed by atoms with Gasteiger partial charge in [0.15, 0.2) is 5.69 Å². The Hall–Kier alpha value is -2.14. The molecule has 0 fully saturated rings. The van der Waals surface area contributed by atoms with Gasteiger partial charge in [-0.15, -0.1) is 0 Å². The summed E-state index contributed by atoms with van der Waals surface area (Å²) in [4.78, 5) is 21.6. The smallest absolute Gasteiger partial charge is 0.393 e. The summed E-state index contributed by atoms with van der Waals surface area (Å²) in [5, 5.41) is 10.1. The Bertz CT molecular complexity index is 915. The highest BCUT2D eigenvalue weighted by atomic mass is 79.9. The van der Waals surface area contributed by atoms with Crippen molar-refractivity contribution < 1.29 is 22.8 Å². The summed E-state index contributed by atoms with van der Waals surface area (Å²) in [6.45, 7) is 3.39. The van der Waals surface area contributed by atoms with Crippen LogP contribution >= 0.6 is 27.5 Å². The highest BCUT2D eigenvalue weighted by Gasteiger charge is 2.37. The second kappa shape index (κ2) is 9.57. The van der Waals surface area contributed by atoms with Crippen molar-refractivity contribution >= 4 is 39.1 Å². The zero-order valence-corrected chi connectivity index (χ0v) is 18.1. The van der Waals surface area contributed by atoms with Crippen LogP contribution in [-0.4, -0.2) is 39.0 Å². The fraction of sp³-hybridized carbons (Fsp3) is 0.412. The number of aromatic nitrogens is 3. The first kappa shape index (κ1) is 23.1. The number of carbonyl (C=O) groups is 1. The van der Waals surface area contributed by atoms with E-state index in [9.17, 15) is 18.0 Å². The van der Waals surface area contributed by atoms with Gasteiger partial charge in [0.1, 0.15) is 17.5 Å². The molecule has 0 aliphatic carbocycles. The van der Waals surface area contributed by atoms with Crippen LogP contribution in [0.2, 0.25) is 5.02 Å². The molecule has 0 bridgehead atoms. The van der Waals surface area contributed by atoms with Crippen LogP contribution in [0.3, 0.4) is 0 Å². The Morgan fingerprint density at radius 1 is 1.45 bits per heavy atom. The molecular formula is C17H18BrClF3N5O2. The molecule has 0 unspecified atom stereocenters. The number of halogens is 5. The average Bonchev–Trinajstić information content (AvgIpc) is 2.96. The number of nitrogens with one attached hydrogen (secondary N) is 1. The highest BCUT2D eigenvalue weighted by molar-refractivity contribution is 9.10. The molecule has 0 aliphatic heterocycles. The number of carbonyl (C=O) groups excluding carboxylic acids is 1. The zero-order chi connectivity index (χ0) is 21.8. The molecule has 2 rings (SSSR count). The molecule has 12 heteroatoms. The number of alkyl halides is 3. The molecule has 2 aromatic heterocycles. The van der Waals surface area contributed by atoms with Gasteiger partial charge in [-0.3, -0.25) is 14.5 Å².